The lowest BCUT2D eigenvalue weighted by atomic mass is 9.89. The van der Waals surface area contributed by atoms with Gasteiger partial charge < -0.3 is 15.2 Å². The number of anilines is 2. The maximum absolute atomic E-state index is 13.4. The number of fused-ring (bicyclic) bond motifs is 2. The Bertz CT molecular complexity index is 1970. The van der Waals surface area contributed by atoms with Crippen LogP contribution in [0.3, 0.4) is 0 Å². The van der Waals surface area contributed by atoms with E-state index in [2.05, 4.69) is 62.1 Å². The number of H-pyrrole nitrogens is 1. The Hall–Kier alpha value is -5.16. The van der Waals surface area contributed by atoms with E-state index in [4.69, 9.17) is 9.97 Å². The maximum atomic E-state index is 13.4. The molecule has 1 aromatic carbocycles. The number of benzene rings is 1. The van der Waals surface area contributed by atoms with Crippen molar-refractivity contribution in [2.45, 2.75) is 25.3 Å². The van der Waals surface area contributed by atoms with E-state index >= 15 is 0 Å². The number of hydrogen-bond donors (Lipinski definition) is 2. The molecule has 0 atom stereocenters. The molecule has 0 amide bonds. The third-order valence-corrected chi connectivity index (χ3v) is 7.85. The molecule has 1 aliphatic rings. The van der Waals surface area contributed by atoms with Crippen LogP contribution in [0.15, 0.2) is 84.7 Å². The zero-order valence-electron chi connectivity index (χ0n) is 23.2. The van der Waals surface area contributed by atoms with Crippen LogP contribution in [0.4, 0.5) is 11.6 Å². The van der Waals surface area contributed by atoms with Crippen LogP contribution < -0.4 is 10.9 Å². The third kappa shape index (κ3) is 4.63. The van der Waals surface area contributed by atoms with Gasteiger partial charge in [0.1, 0.15) is 11.1 Å². The summed E-state index contributed by atoms with van der Waals surface area (Å²) in [7, 11) is 2.18. The van der Waals surface area contributed by atoms with E-state index in [1.807, 2.05) is 24.3 Å². The lowest BCUT2D eigenvalue weighted by Crippen LogP contribution is -2.29. The van der Waals surface area contributed by atoms with Gasteiger partial charge in [-0.05, 0) is 74.8 Å². The van der Waals surface area contributed by atoms with Gasteiger partial charge in [0.25, 0.3) is 5.56 Å². The van der Waals surface area contributed by atoms with Crippen LogP contribution in [-0.2, 0) is 6.54 Å². The molecule has 0 saturated carbocycles. The number of allylic oxidation sites excluding steroid dienone is 1. The quantitative estimate of drug-likeness (QED) is 0.272. The monoisotopic (exact) mass is 558 g/mol. The molecule has 0 aliphatic carbocycles. The number of piperidine rings is 1. The second-order valence-corrected chi connectivity index (χ2v) is 10.6. The van der Waals surface area contributed by atoms with Crippen molar-refractivity contribution in [3.05, 3.63) is 95.8 Å². The Morgan fingerprint density at radius 3 is 2.69 bits per heavy atom. The van der Waals surface area contributed by atoms with Gasteiger partial charge in [-0.1, -0.05) is 18.2 Å². The van der Waals surface area contributed by atoms with Crippen molar-refractivity contribution in [1.29, 1.82) is 0 Å². The first-order valence-electron chi connectivity index (χ1n) is 14.0. The van der Waals surface area contributed by atoms with Crippen LogP contribution in [-0.4, -0.2) is 64.3 Å². The largest absolute Gasteiger partial charge is 0.361 e. The minimum absolute atomic E-state index is 0.228. The van der Waals surface area contributed by atoms with Crippen LogP contribution in [0.25, 0.3) is 39.3 Å². The van der Waals surface area contributed by atoms with Gasteiger partial charge in [-0.2, -0.15) is 4.98 Å². The molecule has 1 saturated heterocycles. The smallest absolute Gasteiger partial charge is 0.278 e. The minimum Gasteiger partial charge on any atom is -0.361 e. The molecule has 210 valence electrons. The summed E-state index contributed by atoms with van der Waals surface area (Å²) in [6.07, 6.45) is 11.0. The Kier molecular flexibility index (Phi) is 6.55. The number of hydrogen-bond acceptors (Lipinski definition) is 8. The minimum atomic E-state index is -0.228. The Balaban J connectivity index is 1.25. The molecule has 0 spiro atoms. The molecule has 0 bridgehead atoms. The van der Waals surface area contributed by atoms with Gasteiger partial charge in [0.05, 0.1) is 6.54 Å². The first kappa shape index (κ1) is 25.8. The summed E-state index contributed by atoms with van der Waals surface area (Å²) in [6.45, 7) is 6.35. The lowest BCUT2D eigenvalue weighted by Gasteiger charge is -2.28. The van der Waals surface area contributed by atoms with Crippen molar-refractivity contribution in [1.82, 2.24) is 44.2 Å². The summed E-state index contributed by atoms with van der Waals surface area (Å²) in [4.78, 5) is 41.9. The molecule has 0 radical (unpaired) electrons. The van der Waals surface area contributed by atoms with Gasteiger partial charge in [0.15, 0.2) is 17.3 Å². The fourth-order valence-corrected chi connectivity index (χ4v) is 5.72. The number of aromatic nitrogens is 8. The molecular weight excluding hydrogens is 528 g/mol. The van der Waals surface area contributed by atoms with E-state index in [0.717, 1.165) is 24.3 Å². The summed E-state index contributed by atoms with van der Waals surface area (Å²) in [6, 6.07) is 13.5. The molecule has 6 aromatic rings. The van der Waals surface area contributed by atoms with Crippen molar-refractivity contribution in [2.75, 3.05) is 25.5 Å². The van der Waals surface area contributed by atoms with Crippen LogP contribution >= 0.6 is 0 Å². The highest BCUT2D eigenvalue weighted by molar-refractivity contribution is 5.87. The van der Waals surface area contributed by atoms with E-state index in [-0.39, 0.29) is 12.1 Å². The Labute approximate surface area is 241 Å². The van der Waals surface area contributed by atoms with Crippen molar-refractivity contribution < 1.29 is 0 Å². The van der Waals surface area contributed by atoms with Gasteiger partial charge in [-0.25, -0.2) is 29.3 Å². The highest BCUT2D eigenvalue weighted by Gasteiger charge is 2.22. The molecule has 7 rings (SSSR count). The molecule has 0 unspecified atom stereocenters. The number of nitrogens with zero attached hydrogens (tertiary/aromatic N) is 8. The topological polar surface area (TPSA) is 122 Å². The van der Waals surface area contributed by atoms with Gasteiger partial charge in [-0.3, -0.25) is 4.79 Å². The molecule has 1 fully saturated rings. The van der Waals surface area contributed by atoms with Crippen molar-refractivity contribution in [3.63, 3.8) is 0 Å². The van der Waals surface area contributed by atoms with Crippen LogP contribution in [0, 0.1) is 0 Å². The standard InChI is InChI=1S/C31H30N10O/c1-3-14-40-30(42)24-19-35-31(38-29(24)41(40)27-7-4-6-25(37-27)28-32-12-5-13-33-28)36-21-8-9-22-23(18-34-26(22)17-21)20-10-15-39(2)16-11-20/h3-9,12-13,17-20,34H,1,10-11,14-16H2,2H3,(H,35,36,38). The van der Waals surface area contributed by atoms with Gasteiger partial charge in [-0.15, -0.1) is 6.58 Å². The van der Waals surface area contributed by atoms with Gasteiger partial charge in [0, 0.05) is 41.4 Å². The Morgan fingerprint density at radius 2 is 1.88 bits per heavy atom. The van der Waals surface area contributed by atoms with E-state index < -0.39 is 0 Å². The molecule has 2 N–H and O–H groups in total. The lowest BCUT2D eigenvalue weighted by molar-refractivity contribution is 0.256. The van der Waals surface area contributed by atoms with Gasteiger partial charge in [0.2, 0.25) is 5.95 Å². The zero-order valence-corrected chi connectivity index (χ0v) is 23.2. The Morgan fingerprint density at radius 1 is 1.05 bits per heavy atom. The second-order valence-electron chi connectivity index (χ2n) is 10.6. The number of rotatable bonds is 7. The summed E-state index contributed by atoms with van der Waals surface area (Å²) >= 11 is 0. The summed E-state index contributed by atoms with van der Waals surface area (Å²) in [5, 5.41) is 4.95. The highest BCUT2D eigenvalue weighted by atomic mass is 16.1. The van der Waals surface area contributed by atoms with E-state index in [9.17, 15) is 4.79 Å². The SMILES string of the molecule is C=CCn1c(=O)c2cnc(Nc3ccc4c(C5CCN(C)CC5)c[nH]c4c3)nc2n1-c1cccc(-c2ncccn2)n1. The van der Waals surface area contributed by atoms with Crippen molar-refractivity contribution in [3.8, 4) is 17.3 Å². The fourth-order valence-electron chi connectivity index (χ4n) is 5.72. The van der Waals surface area contributed by atoms with Crippen molar-refractivity contribution >= 4 is 33.6 Å². The molecule has 11 nitrogen and oxygen atoms in total. The maximum Gasteiger partial charge on any atom is 0.278 e. The van der Waals surface area contributed by atoms with E-state index in [1.54, 1.807) is 40.1 Å². The normalized spacial score (nSPS) is 14.5. The molecule has 11 heteroatoms. The molecule has 1 aliphatic heterocycles. The average molecular weight is 559 g/mol. The first-order chi connectivity index (χ1) is 20.6. The number of aromatic amines is 1. The molecule has 42 heavy (non-hydrogen) atoms. The van der Waals surface area contributed by atoms with Gasteiger partial charge >= 0.3 is 0 Å². The first-order valence-corrected chi connectivity index (χ1v) is 14.0. The second kappa shape index (κ2) is 10.7. The summed E-state index contributed by atoms with van der Waals surface area (Å²) in [5.41, 5.74) is 4.08. The van der Waals surface area contributed by atoms with E-state index in [1.165, 1.54) is 23.8 Å². The van der Waals surface area contributed by atoms with Crippen LogP contribution in [0.5, 0.6) is 0 Å². The molecule has 6 heterocycles. The average Bonchev–Trinajstić information content (AvgIpc) is 3.56. The highest BCUT2D eigenvalue weighted by Crippen LogP contribution is 2.34. The van der Waals surface area contributed by atoms with Crippen LogP contribution in [0.1, 0.15) is 24.3 Å². The third-order valence-electron chi connectivity index (χ3n) is 7.85. The molecule has 5 aromatic heterocycles. The summed E-state index contributed by atoms with van der Waals surface area (Å²) < 4.78 is 3.24. The van der Waals surface area contributed by atoms with E-state index in [0.29, 0.717) is 40.2 Å². The van der Waals surface area contributed by atoms with Crippen molar-refractivity contribution in [2.24, 2.45) is 0 Å². The summed E-state index contributed by atoms with van der Waals surface area (Å²) in [5.74, 6) is 1.93. The number of nitrogens with one attached hydrogen (secondary N) is 2. The number of likely N-dealkylation sites (tertiary alicyclic amines) is 1. The zero-order chi connectivity index (χ0) is 28.6. The predicted molar refractivity (Wildman–Crippen MR) is 163 cm³/mol. The predicted octanol–water partition coefficient (Wildman–Crippen LogP) is 4.65. The number of pyridine rings is 1. The van der Waals surface area contributed by atoms with Crippen LogP contribution in [0.2, 0.25) is 0 Å². The fraction of sp³-hybridized carbons (Fsp3) is 0.226. The molecular formula is C31H30N10O.